The van der Waals surface area contributed by atoms with Gasteiger partial charge < -0.3 is 15.4 Å². The van der Waals surface area contributed by atoms with E-state index in [0.717, 1.165) is 50.1 Å². The van der Waals surface area contributed by atoms with E-state index in [2.05, 4.69) is 46.8 Å². The maximum atomic E-state index is 6.00. The lowest BCUT2D eigenvalue weighted by atomic mass is 9.98. The van der Waals surface area contributed by atoms with Crippen LogP contribution in [0.15, 0.2) is 10.4 Å². The Hall–Kier alpha value is -0.410. The number of hydrogen-bond acceptors (Lipinski definition) is 4. The number of hydrogen-bond donors (Lipinski definition) is 2. The van der Waals surface area contributed by atoms with Crippen molar-refractivity contribution in [2.24, 2.45) is 10.9 Å². The standard InChI is InChI=1S/C19H34N4OS.HI/c1-4-18-23-16(14-25-18)13-22-19(20-5-2)21-12-11-17(24-6-3)15-9-7-8-10-15;/h14-15,17H,4-13H2,1-3H3,(H2,20,21,22);1H. The number of nitrogens with zero attached hydrogens (tertiary/aromatic N) is 2. The summed E-state index contributed by atoms with van der Waals surface area (Å²) in [5, 5.41) is 10.1. The monoisotopic (exact) mass is 494 g/mol. The molecule has 1 unspecified atom stereocenters. The van der Waals surface area contributed by atoms with Gasteiger partial charge in [-0.25, -0.2) is 9.98 Å². The zero-order chi connectivity index (χ0) is 17.9. The van der Waals surface area contributed by atoms with Crippen LogP contribution >= 0.6 is 35.3 Å². The smallest absolute Gasteiger partial charge is 0.191 e. The Kier molecular flexibility index (Phi) is 12.5. The maximum Gasteiger partial charge on any atom is 0.191 e. The van der Waals surface area contributed by atoms with Gasteiger partial charge in [0.15, 0.2) is 5.96 Å². The highest BCUT2D eigenvalue weighted by Gasteiger charge is 2.25. The predicted molar refractivity (Wildman–Crippen MR) is 122 cm³/mol. The molecule has 2 rings (SSSR count). The van der Waals surface area contributed by atoms with E-state index in [1.54, 1.807) is 11.3 Å². The number of guanidine groups is 1. The molecule has 1 atom stereocenters. The lowest BCUT2D eigenvalue weighted by Crippen LogP contribution is -2.39. The largest absolute Gasteiger partial charge is 0.378 e. The second-order valence-electron chi connectivity index (χ2n) is 6.54. The SMILES string of the molecule is CCNC(=NCc1csc(CC)n1)NCCC(OCC)C1CCCC1.I. The molecule has 7 heteroatoms. The quantitative estimate of drug-likeness (QED) is 0.288. The first kappa shape index (κ1) is 23.6. The van der Waals surface area contributed by atoms with Crippen molar-refractivity contribution in [3.05, 3.63) is 16.1 Å². The first-order chi connectivity index (χ1) is 12.3. The molecule has 26 heavy (non-hydrogen) atoms. The van der Waals surface area contributed by atoms with Gasteiger partial charge in [0.1, 0.15) is 0 Å². The molecule has 0 bridgehead atoms. The van der Waals surface area contributed by atoms with Crippen molar-refractivity contribution >= 4 is 41.3 Å². The van der Waals surface area contributed by atoms with Crippen molar-refractivity contribution in [2.45, 2.75) is 71.9 Å². The highest BCUT2D eigenvalue weighted by Crippen LogP contribution is 2.30. The van der Waals surface area contributed by atoms with Gasteiger partial charge in [0.2, 0.25) is 0 Å². The van der Waals surface area contributed by atoms with E-state index in [0.29, 0.717) is 12.6 Å². The van der Waals surface area contributed by atoms with Gasteiger partial charge in [-0.2, -0.15) is 0 Å². The first-order valence-electron chi connectivity index (χ1n) is 9.83. The van der Waals surface area contributed by atoms with Crippen molar-refractivity contribution in [3.8, 4) is 0 Å². The third kappa shape index (κ3) is 8.08. The molecule has 0 radical (unpaired) electrons. The van der Waals surface area contributed by atoms with Crippen LogP contribution in [-0.4, -0.2) is 36.7 Å². The molecule has 1 aliphatic rings. The summed E-state index contributed by atoms with van der Waals surface area (Å²) in [5.41, 5.74) is 1.05. The Labute approximate surface area is 179 Å². The van der Waals surface area contributed by atoms with Gasteiger partial charge in [0.05, 0.1) is 23.4 Å². The summed E-state index contributed by atoms with van der Waals surface area (Å²) in [7, 11) is 0. The minimum Gasteiger partial charge on any atom is -0.378 e. The van der Waals surface area contributed by atoms with Crippen LogP contribution in [0.2, 0.25) is 0 Å². The van der Waals surface area contributed by atoms with Crippen LogP contribution < -0.4 is 10.6 Å². The summed E-state index contributed by atoms with van der Waals surface area (Å²) in [6.45, 7) is 9.51. The Balaban J connectivity index is 0.00000338. The second kappa shape index (κ2) is 13.7. The van der Waals surface area contributed by atoms with Gasteiger partial charge in [-0.1, -0.05) is 19.8 Å². The van der Waals surface area contributed by atoms with Gasteiger partial charge >= 0.3 is 0 Å². The summed E-state index contributed by atoms with van der Waals surface area (Å²) in [5.74, 6) is 1.61. The van der Waals surface area contributed by atoms with E-state index in [1.165, 1.54) is 30.7 Å². The molecular weight excluding hydrogens is 459 g/mol. The summed E-state index contributed by atoms with van der Waals surface area (Å²) in [4.78, 5) is 9.25. The molecule has 0 spiro atoms. The zero-order valence-electron chi connectivity index (χ0n) is 16.4. The summed E-state index contributed by atoms with van der Waals surface area (Å²) in [6, 6.07) is 0. The Morgan fingerprint density at radius 1 is 1.31 bits per heavy atom. The van der Waals surface area contributed by atoms with Crippen LogP contribution in [0, 0.1) is 5.92 Å². The minimum atomic E-state index is 0. The van der Waals surface area contributed by atoms with E-state index in [9.17, 15) is 0 Å². The number of aryl methyl sites for hydroxylation is 1. The van der Waals surface area contributed by atoms with Crippen LogP contribution in [0.25, 0.3) is 0 Å². The number of nitrogens with one attached hydrogen (secondary N) is 2. The van der Waals surface area contributed by atoms with Crippen LogP contribution in [-0.2, 0) is 17.7 Å². The fraction of sp³-hybridized carbons (Fsp3) is 0.789. The molecule has 1 saturated carbocycles. The molecule has 0 saturated heterocycles. The van der Waals surface area contributed by atoms with Crippen molar-refractivity contribution in [1.82, 2.24) is 15.6 Å². The third-order valence-corrected chi connectivity index (χ3v) is 5.71. The van der Waals surface area contributed by atoms with E-state index in [4.69, 9.17) is 4.74 Å². The Morgan fingerprint density at radius 3 is 2.69 bits per heavy atom. The predicted octanol–water partition coefficient (Wildman–Crippen LogP) is 4.36. The van der Waals surface area contributed by atoms with Gasteiger partial charge in [-0.15, -0.1) is 35.3 Å². The molecule has 0 aliphatic heterocycles. The molecule has 1 aromatic rings. The molecule has 1 heterocycles. The molecular formula is C19H35IN4OS. The fourth-order valence-corrected chi connectivity index (χ4v) is 4.15. The number of aliphatic imine (C=N–C) groups is 1. The zero-order valence-corrected chi connectivity index (χ0v) is 19.6. The lowest BCUT2D eigenvalue weighted by Gasteiger charge is -2.24. The van der Waals surface area contributed by atoms with Crippen molar-refractivity contribution in [2.75, 3.05) is 19.7 Å². The Morgan fingerprint density at radius 2 is 2.08 bits per heavy atom. The molecule has 0 aromatic carbocycles. The summed E-state index contributed by atoms with van der Waals surface area (Å²) >= 11 is 1.72. The van der Waals surface area contributed by atoms with Gasteiger partial charge in [-0.3, -0.25) is 0 Å². The molecule has 2 N–H and O–H groups in total. The molecule has 0 amide bonds. The highest BCUT2D eigenvalue weighted by molar-refractivity contribution is 14.0. The highest BCUT2D eigenvalue weighted by atomic mass is 127. The normalized spacial score (nSPS) is 16.3. The van der Waals surface area contributed by atoms with Crippen molar-refractivity contribution in [1.29, 1.82) is 0 Å². The van der Waals surface area contributed by atoms with Crippen LogP contribution in [0.5, 0.6) is 0 Å². The van der Waals surface area contributed by atoms with Gasteiger partial charge in [0.25, 0.3) is 0 Å². The summed E-state index contributed by atoms with van der Waals surface area (Å²) < 4.78 is 6.00. The van der Waals surface area contributed by atoms with E-state index >= 15 is 0 Å². The third-order valence-electron chi connectivity index (χ3n) is 4.67. The molecule has 150 valence electrons. The number of thiazole rings is 1. The average Bonchev–Trinajstić information content (AvgIpc) is 3.30. The fourth-order valence-electron chi connectivity index (χ4n) is 3.42. The topological polar surface area (TPSA) is 58.5 Å². The number of ether oxygens (including phenoxy) is 1. The average molecular weight is 494 g/mol. The number of halogens is 1. The van der Waals surface area contributed by atoms with Crippen molar-refractivity contribution < 1.29 is 4.74 Å². The molecule has 1 fully saturated rings. The first-order valence-corrected chi connectivity index (χ1v) is 10.7. The maximum absolute atomic E-state index is 6.00. The van der Waals surface area contributed by atoms with Gasteiger partial charge in [-0.05, 0) is 45.4 Å². The van der Waals surface area contributed by atoms with Crippen LogP contribution in [0.4, 0.5) is 0 Å². The second-order valence-corrected chi connectivity index (χ2v) is 7.48. The van der Waals surface area contributed by atoms with Crippen LogP contribution in [0.3, 0.4) is 0 Å². The lowest BCUT2D eigenvalue weighted by molar-refractivity contribution is 0.0169. The Bertz CT molecular complexity index is 517. The molecule has 5 nitrogen and oxygen atoms in total. The van der Waals surface area contributed by atoms with E-state index < -0.39 is 0 Å². The van der Waals surface area contributed by atoms with Gasteiger partial charge in [0, 0.05) is 25.1 Å². The molecule has 1 aromatic heterocycles. The molecule has 1 aliphatic carbocycles. The van der Waals surface area contributed by atoms with Crippen LogP contribution in [0.1, 0.15) is 63.6 Å². The van der Waals surface area contributed by atoms with Crippen molar-refractivity contribution in [3.63, 3.8) is 0 Å². The van der Waals surface area contributed by atoms with E-state index in [1.807, 2.05) is 0 Å². The van der Waals surface area contributed by atoms with E-state index in [-0.39, 0.29) is 24.0 Å². The number of rotatable bonds is 10. The minimum absolute atomic E-state index is 0. The summed E-state index contributed by atoms with van der Waals surface area (Å²) in [6.07, 6.45) is 7.78. The number of aromatic nitrogens is 1.